The van der Waals surface area contributed by atoms with Gasteiger partial charge in [-0.2, -0.15) is 0 Å². The zero-order valence-corrected chi connectivity index (χ0v) is 24.6. The molecule has 0 saturated heterocycles. The Bertz CT molecular complexity index is 1070. The second kappa shape index (κ2) is 10.0. The predicted molar refractivity (Wildman–Crippen MR) is 149 cm³/mol. The average molecular weight is 528 g/mol. The van der Waals surface area contributed by atoms with Crippen molar-refractivity contribution < 1.29 is 24.5 Å². The van der Waals surface area contributed by atoms with Gasteiger partial charge in [0.15, 0.2) is 5.78 Å². The Balaban J connectivity index is 1.87. The normalized spacial score (nSPS) is 47.6. The van der Waals surface area contributed by atoms with Crippen LogP contribution in [0.3, 0.4) is 0 Å². The fourth-order valence-corrected chi connectivity index (χ4v) is 9.82. The molecule has 4 aliphatic carbocycles. The Hall–Kier alpha value is -1.76. The lowest BCUT2D eigenvalue weighted by atomic mass is 9.36. The Kier molecular flexibility index (Phi) is 7.70. The number of ketones is 1. The third-order valence-corrected chi connectivity index (χ3v) is 11.5. The van der Waals surface area contributed by atoms with Gasteiger partial charge >= 0.3 is 5.97 Å². The molecule has 0 aromatic heterocycles. The third-order valence-electron chi connectivity index (χ3n) is 11.5. The molecule has 0 aliphatic heterocycles. The quantitative estimate of drug-likeness (QED) is 0.273. The maximum Gasteiger partial charge on any atom is 0.303 e. The van der Waals surface area contributed by atoms with Crippen LogP contribution in [0, 0.1) is 39.9 Å². The molecular formula is C32H49NO5. The number of Topliss-reactive ketones (excluding diaryl/α,β-unsaturated/α-hetero) is 1. The zero-order chi connectivity index (χ0) is 28.4. The Labute approximate surface area is 228 Å². The van der Waals surface area contributed by atoms with E-state index in [0.717, 1.165) is 24.0 Å². The lowest BCUT2D eigenvalue weighted by Gasteiger charge is -2.69. The molecular weight excluding hydrogens is 478 g/mol. The first-order chi connectivity index (χ1) is 17.6. The number of carbonyl (C=O) groups excluding carboxylic acids is 2. The number of hydrogen-bond donors (Lipinski definition) is 3. The number of hydrogen-bond acceptors (Lipinski definition) is 6. The molecule has 0 spiro atoms. The highest BCUT2D eigenvalue weighted by atomic mass is 16.5. The van der Waals surface area contributed by atoms with Crippen LogP contribution in [0.1, 0.15) is 87.5 Å². The summed E-state index contributed by atoms with van der Waals surface area (Å²) in [6.45, 7) is 16.0. The molecule has 0 amide bonds. The SMILES string of the molecule is CC(=O)O[C@H]1C[C@@]2(C)[C@@H](C[C@@H](O)[C@H]3[C@@]4(C)C[C@H](N)[C@@H](O)[C@@H](C)[C@@H]4CC[C@@]32C)/C1=C(\C=C\C=C(C)C)C(C)=O. The van der Waals surface area contributed by atoms with Gasteiger partial charge in [0.05, 0.1) is 12.2 Å². The molecule has 212 valence electrons. The number of ether oxygens (including phenoxy) is 1. The van der Waals surface area contributed by atoms with Gasteiger partial charge in [-0.1, -0.05) is 51.5 Å². The van der Waals surface area contributed by atoms with E-state index in [0.29, 0.717) is 24.8 Å². The van der Waals surface area contributed by atoms with E-state index in [1.165, 1.54) is 6.92 Å². The number of carbonyl (C=O) groups is 2. The standard InChI is InChI=1S/C32H49NO5/c1-17(2)10-9-11-21(19(4)34)27-23-14-25(36)29-30(6)15-24(33)28(37)18(3)22(30)12-13-31(29,7)32(23,8)16-26(27)38-20(5)35/h9-11,18,22-26,28-29,36-37H,12-16,33H2,1-8H3/b11-9+,27-21-/t18-,22-,23-,24-,25+,26-,28-,29-,30-,31-,32-/m0/s1. The molecule has 4 rings (SSSR count). The van der Waals surface area contributed by atoms with Crippen molar-refractivity contribution in [3.05, 3.63) is 34.9 Å². The first-order valence-corrected chi connectivity index (χ1v) is 14.4. The summed E-state index contributed by atoms with van der Waals surface area (Å²) in [7, 11) is 0. The molecule has 0 unspecified atom stereocenters. The van der Waals surface area contributed by atoms with Crippen molar-refractivity contribution >= 4 is 11.8 Å². The molecule has 4 N–H and O–H groups in total. The van der Waals surface area contributed by atoms with E-state index >= 15 is 0 Å². The van der Waals surface area contributed by atoms with Gasteiger partial charge in [0.2, 0.25) is 0 Å². The Morgan fingerprint density at radius 3 is 2.29 bits per heavy atom. The minimum Gasteiger partial charge on any atom is -0.458 e. The number of aliphatic hydroxyl groups excluding tert-OH is 2. The summed E-state index contributed by atoms with van der Waals surface area (Å²) in [5.41, 5.74) is 8.33. The predicted octanol–water partition coefficient (Wildman–Crippen LogP) is 4.88. The Morgan fingerprint density at radius 1 is 1.05 bits per heavy atom. The van der Waals surface area contributed by atoms with E-state index in [2.05, 4.69) is 27.7 Å². The Morgan fingerprint density at radius 2 is 1.71 bits per heavy atom. The molecule has 4 saturated carbocycles. The van der Waals surface area contributed by atoms with Crippen LogP contribution < -0.4 is 5.73 Å². The second-order valence-corrected chi connectivity index (χ2v) is 13.9. The van der Waals surface area contributed by atoms with Crippen LogP contribution in [0.5, 0.6) is 0 Å². The molecule has 0 heterocycles. The zero-order valence-electron chi connectivity index (χ0n) is 24.6. The molecule has 6 nitrogen and oxygen atoms in total. The van der Waals surface area contributed by atoms with Crippen molar-refractivity contribution in [1.82, 2.24) is 0 Å². The highest BCUT2D eigenvalue weighted by Crippen LogP contribution is 2.74. The lowest BCUT2D eigenvalue weighted by molar-refractivity contribution is -0.236. The van der Waals surface area contributed by atoms with Crippen molar-refractivity contribution in [2.24, 2.45) is 45.7 Å². The lowest BCUT2D eigenvalue weighted by Crippen LogP contribution is -2.68. The smallest absolute Gasteiger partial charge is 0.303 e. The summed E-state index contributed by atoms with van der Waals surface area (Å²) in [6, 6.07) is -0.316. The number of esters is 1. The molecule has 6 heteroatoms. The molecule has 4 fully saturated rings. The summed E-state index contributed by atoms with van der Waals surface area (Å²) in [5.74, 6) is -0.147. The summed E-state index contributed by atoms with van der Waals surface area (Å²) in [5, 5.41) is 22.8. The van der Waals surface area contributed by atoms with E-state index in [-0.39, 0.29) is 57.7 Å². The maximum atomic E-state index is 13.0. The summed E-state index contributed by atoms with van der Waals surface area (Å²) in [4.78, 5) is 25.3. The van der Waals surface area contributed by atoms with Crippen LogP contribution in [-0.4, -0.2) is 46.3 Å². The molecule has 0 aromatic carbocycles. The van der Waals surface area contributed by atoms with Crippen molar-refractivity contribution in [2.45, 2.75) is 112 Å². The topological polar surface area (TPSA) is 110 Å². The number of rotatable bonds is 4. The summed E-state index contributed by atoms with van der Waals surface area (Å²) in [6.07, 6.45) is 7.81. The van der Waals surface area contributed by atoms with E-state index in [1.807, 2.05) is 32.1 Å². The van der Waals surface area contributed by atoms with Crippen LogP contribution >= 0.6 is 0 Å². The van der Waals surface area contributed by atoms with Gasteiger partial charge in [-0.05, 0) is 98.4 Å². The number of allylic oxidation sites excluding steroid dienone is 5. The van der Waals surface area contributed by atoms with E-state index in [1.54, 1.807) is 6.92 Å². The maximum absolute atomic E-state index is 13.0. The monoisotopic (exact) mass is 527 g/mol. The van der Waals surface area contributed by atoms with Gasteiger partial charge < -0.3 is 20.7 Å². The van der Waals surface area contributed by atoms with Crippen LogP contribution in [0.25, 0.3) is 0 Å². The van der Waals surface area contributed by atoms with Gasteiger partial charge in [-0.15, -0.1) is 0 Å². The van der Waals surface area contributed by atoms with Gasteiger partial charge in [0, 0.05) is 18.5 Å². The van der Waals surface area contributed by atoms with E-state index < -0.39 is 18.3 Å². The summed E-state index contributed by atoms with van der Waals surface area (Å²) < 4.78 is 5.95. The minimum atomic E-state index is -0.582. The van der Waals surface area contributed by atoms with Gasteiger partial charge in [0.25, 0.3) is 0 Å². The van der Waals surface area contributed by atoms with Gasteiger partial charge in [0.1, 0.15) is 6.10 Å². The van der Waals surface area contributed by atoms with Crippen LogP contribution in [-0.2, 0) is 14.3 Å². The van der Waals surface area contributed by atoms with Crippen LogP contribution in [0.2, 0.25) is 0 Å². The van der Waals surface area contributed by atoms with Gasteiger partial charge in [-0.25, -0.2) is 0 Å². The van der Waals surface area contributed by atoms with Crippen LogP contribution in [0.15, 0.2) is 34.9 Å². The number of fused-ring (bicyclic) bond motifs is 5. The van der Waals surface area contributed by atoms with Crippen molar-refractivity contribution in [3.8, 4) is 0 Å². The van der Waals surface area contributed by atoms with Crippen molar-refractivity contribution in [3.63, 3.8) is 0 Å². The fourth-order valence-electron chi connectivity index (χ4n) is 9.82. The first-order valence-electron chi connectivity index (χ1n) is 14.4. The first kappa shape index (κ1) is 29.2. The van der Waals surface area contributed by atoms with Crippen molar-refractivity contribution in [2.75, 3.05) is 0 Å². The van der Waals surface area contributed by atoms with Crippen LogP contribution in [0.4, 0.5) is 0 Å². The van der Waals surface area contributed by atoms with Gasteiger partial charge in [-0.3, -0.25) is 9.59 Å². The van der Waals surface area contributed by atoms with Crippen molar-refractivity contribution in [1.29, 1.82) is 0 Å². The van der Waals surface area contributed by atoms with E-state index in [9.17, 15) is 19.8 Å². The molecule has 4 aliphatic rings. The third kappa shape index (κ3) is 4.35. The molecule has 0 bridgehead atoms. The highest BCUT2D eigenvalue weighted by molar-refractivity contribution is 5.97. The molecule has 0 aromatic rings. The fraction of sp³-hybridized carbons (Fsp3) is 0.750. The highest BCUT2D eigenvalue weighted by Gasteiger charge is 2.71. The molecule has 0 radical (unpaired) electrons. The number of aliphatic hydroxyl groups is 2. The summed E-state index contributed by atoms with van der Waals surface area (Å²) >= 11 is 0. The minimum absolute atomic E-state index is 0.00433. The second-order valence-electron chi connectivity index (χ2n) is 13.9. The molecule has 11 atom stereocenters. The largest absolute Gasteiger partial charge is 0.458 e. The average Bonchev–Trinajstić information content (AvgIpc) is 3.06. The molecule has 38 heavy (non-hydrogen) atoms. The van der Waals surface area contributed by atoms with E-state index in [4.69, 9.17) is 10.5 Å². The number of nitrogens with two attached hydrogens (primary N) is 1.